The summed E-state index contributed by atoms with van der Waals surface area (Å²) in [6, 6.07) is 32.0. The molecule has 1 saturated carbocycles. The zero-order valence-corrected chi connectivity index (χ0v) is 25.9. The van der Waals surface area contributed by atoms with E-state index in [1.807, 2.05) is 78.9 Å². The molecule has 8 heteroatoms. The lowest BCUT2D eigenvalue weighted by atomic mass is 9.95. The van der Waals surface area contributed by atoms with Crippen molar-refractivity contribution in [3.8, 4) is 22.4 Å². The lowest BCUT2D eigenvalue weighted by molar-refractivity contribution is 0.0927. The van der Waals surface area contributed by atoms with Crippen LogP contribution in [0.2, 0.25) is 0 Å². The van der Waals surface area contributed by atoms with Crippen molar-refractivity contribution in [1.29, 1.82) is 0 Å². The van der Waals surface area contributed by atoms with Crippen molar-refractivity contribution < 1.29 is 13.2 Å². The van der Waals surface area contributed by atoms with E-state index in [0.717, 1.165) is 46.4 Å². The molecule has 0 unspecified atom stereocenters. The second-order valence-electron chi connectivity index (χ2n) is 11.5. The first kappa shape index (κ1) is 30.4. The second-order valence-corrected chi connectivity index (χ2v) is 13.4. The minimum atomic E-state index is -3.84. The lowest BCUT2D eigenvalue weighted by Gasteiger charge is -2.23. The summed E-state index contributed by atoms with van der Waals surface area (Å²) in [4.78, 5) is 21.5. The largest absolute Gasteiger partial charge is 0.349 e. The number of hydrogen-bond donors (Lipinski definition) is 1. The summed E-state index contributed by atoms with van der Waals surface area (Å²) in [7, 11) is -3.84. The van der Waals surface area contributed by atoms with E-state index in [9.17, 15) is 13.2 Å². The first-order valence-electron chi connectivity index (χ1n) is 15.4. The standard InChI is InChI=1S/C37H36N4O3S/c42-37(40-34-8-2-1-3-9-34)33-17-15-31(16-18-33)30-13-11-28(12-14-30)26-41(27-29-7-6-23-38-25-29)45(43,44)35-21-19-32(20-22-35)36-10-4-5-24-39-36/h4-7,10-25,34H,1-3,8-9,26-27H2,(H,40,42). The smallest absolute Gasteiger partial charge is 0.251 e. The van der Waals surface area contributed by atoms with Crippen LogP contribution in [-0.2, 0) is 23.1 Å². The Labute approximate surface area is 265 Å². The Bertz CT molecular complexity index is 1810. The van der Waals surface area contributed by atoms with Gasteiger partial charge in [0, 0.05) is 48.8 Å². The fraction of sp³-hybridized carbons (Fsp3) is 0.216. The van der Waals surface area contributed by atoms with Crippen LogP contribution >= 0.6 is 0 Å². The van der Waals surface area contributed by atoms with Gasteiger partial charge in [-0.25, -0.2) is 8.42 Å². The molecule has 1 aliphatic rings. The summed E-state index contributed by atoms with van der Waals surface area (Å²) >= 11 is 0. The highest BCUT2D eigenvalue weighted by atomic mass is 32.2. The third-order valence-electron chi connectivity index (χ3n) is 8.27. The van der Waals surface area contributed by atoms with Crippen molar-refractivity contribution in [3.05, 3.63) is 138 Å². The van der Waals surface area contributed by atoms with Gasteiger partial charge in [0.2, 0.25) is 10.0 Å². The number of pyridine rings is 2. The van der Waals surface area contributed by atoms with Crippen molar-refractivity contribution in [2.24, 2.45) is 0 Å². The lowest BCUT2D eigenvalue weighted by Crippen LogP contribution is -2.36. The van der Waals surface area contributed by atoms with Gasteiger partial charge in [-0.2, -0.15) is 4.31 Å². The zero-order valence-electron chi connectivity index (χ0n) is 25.0. The van der Waals surface area contributed by atoms with Crippen molar-refractivity contribution in [1.82, 2.24) is 19.6 Å². The third kappa shape index (κ3) is 7.53. The number of carbonyl (C=O) groups excluding carboxylic acids is 1. The van der Waals surface area contributed by atoms with Crippen LogP contribution in [-0.4, -0.2) is 34.6 Å². The minimum Gasteiger partial charge on any atom is -0.349 e. The summed E-state index contributed by atoms with van der Waals surface area (Å²) < 4.78 is 29.4. The van der Waals surface area contributed by atoms with E-state index in [0.29, 0.717) is 5.56 Å². The van der Waals surface area contributed by atoms with E-state index in [4.69, 9.17) is 0 Å². The molecule has 7 nitrogen and oxygen atoms in total. The number of nitrogens with zero attached hydrogens (tertiary/aromatic N) is 3. The van der Waals surface area contributed by atoms with Gasteiger partial charge in [0.1, 0.15) is 0 Å². The normalized spacial score (nSPS) is 13.9. The van der Waals surface area contributed by atoms with Crippen LogP contribution in [0.3, 0.4) is 0 Å². The Morgan fingerprint density at radius 2 is 1.38 bits per heavy atom. The first-order valence-corrected chi connectivity index (χ1v) is 16.8. The summed E-state index contributed by atoms with van der Waals surface area (Å²) in [5.41, 5.74) is 5.93. The van der Waals surface area contributed by atoms with Crippen LogP contribution in [0.5, 0.6) is 0 Å². The maximum absolute atomic E-state index is 13.9. The molecule has 1 N–H and O–H groups in total. The molecule has 2 heterocycles. The Morgan fingerprint density at radius 1 is 0.711 bits per heavy atom. The number of carbonyl (C=O) groups is 1. The number of aromatic nitrogens is 2. The Balaban J connectivity index is 1.18. The van der Waals surface area contributed by atoms with Crippen LogP contribution in [0, 0.1) is 0 Å². The summed E-state index contributed by atoms with van der Waals surface area (Å²) in [5.74, 6) is -0.0231. The molecule has 3 aromatic carbocycles. The van der Waals surface area contributed by atoms with Gasteiger partial charge in [0.05, 0.1) is 10.6 Å². The maximum Gasteiger partial charge on any atom is 0.251 e. The van der Waals surface area contributed by atoms with Gasteiger partial charge in [-0.15, -0.1) is 0 Å². The number of amides is 1. The SMILES string of the molecule is O=C(NC1CCCCC1)c1ccc(-c2ccc(CN(Cc3cccnc3)S(=O)(=O)c3ccc(-c4ccccn4)cc3)cc2)cc1. The summed E-state index contributed by atoms with van der Waals surface area (Å²) in [6.45, 7) is 0.379. The van der Waals surface area contributed by atoms with E-state index >= 15 is 0 Å². The molecule has 1 aliphatic carbocycles. The van der Waals surface area contributed by atoms with Crippen LogP contribution in [0.1, 0.15) is 53.6 Å². The number of nitrogens with one attached hydrogen (secondary N) is 1. The van der Waals surface area contributed by atoms with Crippen molar-refractivity contribution in [2.45, 2.75) is 56.1 Å². The van der Waals surface area contributed by atoms with Crippen LogP contribution < -0.4 is 5.32 Å². The molecule has 2 aromatic heterocycles. The quantitative estimate of drug-likeness (QED) is 0.178. The van der Waals surface area contributed by atoms with Gasteiger partial charge in [0.15, 0.2) is 0 Å². The van der Waals surface area contributed by atoms with E-state index in [1.54, 1.807) is 42.9 Å². The van der Waals surface area contributed by atoms with Crippen molar-refractivity contribution in [2.75, 3.05) is 0 Å². The molecule has 0 spiro atoms. The van der Waals surface area contributed by atoms with Gasteiger partial charge in [0.25, 0.3) is 5.91 Å². The predicted molar refractivity (Wildman–Crippen MR) is 177 cm³/mol. The molecule has 0 radical (unpaired) electrons. The number of sulfonamides is 1. The number of rotatable bonds is 10. The van der Waals surface area contributed by atoms with Crippen molar-refractivity contribution >= 4 is 15.9 Å². The molecule has 6 rings (SSSR count). The van der Waals surface area contributed by atoms with Crippen molar-refractivity contribution in [3.63, 3.8) is 0 Å². The molecule has 0 bridgehead atoms. The van der Waals surface area contributed by atoms with E-state index in [2.05, 4.69) is 15.3 Å². The molecule has 0 atom stereocenters. The topological polar surface area (TPSA) is 92.3 Å². The highest BCUT2D eigenvalue weighted by Crippen LogP contribution is 2.26. The van der Waals surface area contributed by atoms with Gasteiger partial charge in [-0.3, -0.25) is 14.8 Å². The van der Waals surface area contributed by atoms with E-state index in [-0.39, 0.29) is 29.9 Å². The average molecular weight is 617 g/mol. The third-order valence-corrected chi connectivity index (χ3v) is 10.1. The van der Waals surface area contributed by atoms with Crippen LogP contribution in [0.25, 0.3) is 22.4 Å². The Hall–Kier alpha value is -4.66. The Kier molecular flexibility index (Phi) is 9.43. The van der Waals surface area contributed by atoms with Gasteiger partial charge in [-0.05, 0) is 77.6 Å². The highest BCUT2D eigenvalue weighted by molar-refractivity contribution is 7.89. The second kappa shape index (κ2) is 14.0. The molecule has 0 saturated heterocycles. The monoisotopic (exact) mass is 616 g/mol. The molecular formula is C37H36N4O3S. The molecular weight excluding hydrogens is 580 g/mol. The average Bonchev–Trinajstić information content (AvgIpc) is 3.10. The molecule has 0 aliphatic heterocycles. The highest BCUT2D eigenvalue weighted by Gasteiger charge is 2.25. The van der Waals surface area contributed by atoms with Crippen LogP contribution in [0.4, 0.5) is 0 Å². The molecule has 1 amide bonds. The van der Waals surface area contributed by atoms with Gasteiger partial charge >= 0.3 is 0 Å². The fourth-order valence-electron chi connectivity index (χ4n) is 5.74. The van der Waals surface area contributed by atoms with E-state index < -0.39 is 10.0 Å². The Morgan fingerprint density at radius 3 is 2.02 bits per heavy atom. The summed E-state index contributed by atoms with van der Waals surface area (Å²) in [5, 5.41) is 3.17. The van der Waals surface area contributed by atoms with Gasteiger partial charge in [-0.1, -0.05) is 79.9 Å². The van der Waals surface area contributed by atoms with Crippen LogP contribution in [0.15, 0.2) is 127 Å². The molecule has 45 heavy (non-hydrogen) atoms. The fourth-order valence-corrected chi connectivity index (χ4v) is 7.15. The van der Waals surface area contributed by atoms with Gasteiger partial charge < -0.3 is 5.32 Å². The number of hydrogen-bond acceptors (Lipinski definition) is 5. The minimum absolute atomic E-state index is 0.0231. The first-order chi connectivity index (χ1) is 22.0. The zero-order chi connectivity index (χ0) is 31.1. The molecule has 5 aromatic rings. The molecule has 1 fully saturated rings. The maximum atomic E-state index is 13.9. The van der Waals surface area contributed by atoms with E-state index in [1.165, 1.54) is 23.6 Å². The summed E-state index contributed by atoms with van der Waals surface area (Å²) in [6.07, 6.45) is 10.8. The molecule has 228 valence electrons. The number of benzene rings is 3. The predicted octanol–water partition coefficient (Wildman–Crippen LogP) is 7.26.